The largest absolute Gasteiger partial charge is 0.416 e. The molecule has 2 N–H and O–H groups in total. The molecule has 1 aliphatic rings. The highest BCUT2D eigenvalue weighted by molar-refractivity contribution is 6.39. The zero-order valence-electron chi connectivity index (χ0n) is 12.9. The summed E-state index contributed by atoms with van der Waals surface area (Å²) in [6.07, 6.45) is 2.49. The topological polar surface area (TPSA) is 70.6 Å². The summed E-state index contributed by atoms with van der Waals surface area (Å²) >= 11 is 0. The highest BCUT2D eigenvalue weighted by Gasteiger charge is 2.30. The predicted octanol–water partition coefficient (Wildman–Crippen LogP) is 3.33. The van der Waals surface area contributed by atoms with Gasteiger partial charge in [-0.15, -0.1) is 0 Å². The number of nitrogens with zero attached hydrogens (tertiary/aromatic N) is 1. The van der Waals surface area contributed by atoms with E-state index in [2.05, 4.69) is 15.8 Å². The van der Waals surface area contributed by atoms with Gasteiger partial charge in [-0.3, -0.25) is 9.59 Å². The maximum atomic E-state index is 12.6. The number of anilines is 1. The molecule has 24 heavy (non-hydrogen) atoms. The standard InChI is InChI=1S/C16H18F3N3O2/c17-16(18,19)12-7-4-8-13(9-12)21-14(23)15(24)22-20-10-11-5-2-1-3-6-11/h4,7-11H,1-3,5-6H2,(H,21,23)(H,22,24)/b20-10+. The first-order valence-electron chi connectivity index (χ1n) is 7.68. The highest BCUT2D eigenvalue weighted by atomic mass is 19.4. The van der Waals surface area contributed by atoms with Crippen LogP contribution in [0.1, 0.15) is 37.7 Å². The Labute approximate surface area is 137 Å². The molecule has 0 heterocycles. The van der Waals surface area contributed by atoms with Gasteiger partial charge in [0, 0.05) is 11.9 Å². The van der Waals surface area contributed by atoms with Crippen LogP contribution < -0.4 is 10.7 Å². The fourth-order valence-corrected chi connectivity index (χ4v) is 2.50. The zero-order valence-corrected chi connectivity index (χ0v) is 12.9. The van der Waals surface area contributed by atoms with Crippen molar-refractivity contribution in [1.82, 2.24) is 5.43 Å². The fraction of sp³-hybridized carbons (Fsp3) is 0.438. The number of nitrogens with one attached hydrogen (secondary N) is 2. The smallest absolute Gasteiger partial charge is 0.318 e. The minimum absolute atomic E-state index is 0.110. The maximum absolute atomic E-state index is 12.6. The summed E-state index contributed by atoms with van der Waals surface area (Å²) in [5.41, 5.74) is 1.07. The summed E-state index contributed by atoms with van der Waals surface area (Å²) in [5, 5.41) is 5.87. The molecule has 0 aliphatic heterocycles. The van der Waals surface area contributed by atoms with Crippen LogP contribution in [0.25, 0.3) is 0 Å². The number of hydrazone groups is 1. The molecule has 2 rings (SSSR count). The third-order valence-corrected chi connectivity index (χ3v) is 3.76. The second kappa shape index (κ2) is 7.94. The van der Waals surface area contributed by atoms with Gasteiger partial charge in [0.1, 0.15) is 0 Å². The molecule has 1 aromatic carbocycles. The minimum Gasteiger partial charge on any atom is -0.318 e. The van der Waals surface area contributed by atoms with Crippen molar-refractivity contribution in [2.45, 2.75) is 38.3 Å². The van der Waals surface area contributed by atoms with Crippen molar-refractivity contribution in [3.05, 3.63) is 29.8 Å². The van der Waals surface area contributed by atoms with E-state index in [0.717, 1.165) is 43.9 Å². The summed E-state index contributed by atoms with van der Waals surface area (Å²) in [7, 11) is 0. The molecule has 0 radical (unpaired) electrons. The Kier molecular flexibility index (Phi) is 5.94. The van der Waals surface area contributed by atoms with Gasteiger partial charge in [-0.2, -0.15) is 18.3 Å². The van der Waals surface area contributed by atoms with Crippen LogP contribution in [0.15, 0.2) is 29.4 Å². The zero-order chi connectivity index (χ0) is 17.6. The monoisotopic (exact) mass is 341 g/mol. The molecule has 2 amide bonds. The van der Waals surface area contributed by atoms with Crippen molar-refractivity contribution in [3.63, 3.8) is 0 Å². The Balaban J connectivity index is 1.87. The summed E-state index contributed by atoms with van der Waals surface area (Å²) in [6.45, 7) is 0. The van der Waals surface area contributed by atoms with E-state index in [1.807, 2.05) is 0 Å². The number of benzene rings is 1. The number of carbonyl (C=O) groups is 2. The quantitative estimate of drug-likeness (QED) is 0.503. The summed E-state index contributed by atoms with van der Waals surface area (Å²) in [4.78, 5) is 23.3. The van der Waals surface area contributed by atoms with E-state index in [4.69, 9.17) is 0 Å². The van der Waals surface area contributed by atoms with Crippen LogP contribution in [-0.2, 0) is 15.8 Å². The Morgan fingerprint density at radius 1 is 1.12 bits per heavy atom. The molecule has 0 saturated heterocycles. The highest BCUT2D eigenvalue weighted by Crippen LogP contribution is 2.30. The number of hydrogen-bond donors (Lipinski definition) is 2. The van der Waals surface area contributed by atoms with Gasteiger partial charge in [-0.05, 0) is 37.0 Å². The number of alkyl halides is 3. The summed E-state index contributed by atoms with van der Waals surface area (Å²) < 4.78 is 37.8. The van der Waals surface area contributed by atoms with Crippen molar-refractivity contribution in [2.24, 2.45) is 11.0 Å². The molecular weight excluding hydrogens is 323 g/mol. The van der Waals surface area contributed by atoms with Gasteiger partial charge in [0.25, 0.3) is 0 Å². The number of halogens is 3. The molecular formula is C16H18F3N3O2. The molecule has 5 nitrogen and oxygen atoms in total. The Morgan fingerprint density at radius 3 is 2.50 bits per heavy atom. The van der Waals surface area contributed by atoms with Gasteiger partial charge in [-0.25, -0.2) is 5.43 Å². The first kappa shape index (κ1) is 18.0. The first-order chi connectivity index (χ1) is 11.4. The van der Waals surface area contributed by atoms with E-state index in [9.17, 15) is 22.8 Å². The van der Waals surface area contributed by atoms with Crippen molar-refractivity contribution in [3.8, 4) is 0 Å². The predicted molar refractivity (Wildman–Crippen MR) is 83.3 cm³/mol. The van der Waals surface area contributed by atoms with Crippen LogP contribution in [0.2, 0.25) is 0 Å². The van der Waals surface area contributed by atoms with Crippen LogP contribution in [0.4, 0.5) is 18.9 Å². The summed E-state index contributed by atoms with van der Waals surface area (Å²) in [5.74, 6) is -1.82. The normalized spacial score (nSPS) is 16.1. The number of hydrogen-bond acceptors (Lipinski definition) is 3. The number of carbonyl (C=O) groups excluding carboxylic acids is 2. The molecule has 0 unspecified atom stereocenters. The van der Waals surface area contributed by atoms with Gasteiger partial charge in [0.2, 0.25) is 0 Å². The molecule has 1 aromatic rings. The van der Waals surface area contributed by atoms with Crippen molar-refractivity contribution >= 4 is 23.7 Å². The molecule has 8 heteroatoms. The van der Waals surface area contributed by atoms with E-state index >= 15 is 0 Å². The van der Waals surface area contributed by atoms with Gasteiger partial charge in [0.05, 0.1) is 5.56 Å². The number of amides is 2. The molecule has 0 spiro atoms. The Bertz CT molecular complexity index is 623. The lowest BCUT2D eigenvalue weighted by Gasteiger charge is -2.16. The molecule has 1 fully saturated rings. The van der Waals surface area contributed by atoms with Gasteiger partial charge >= 0.3 is 18.0 Å². The average Bonchev–Trinajstić information content (AvgIpc) is 2.55. The Hall–Kier alpha value is -2.38. The van der Waals surface area contributed by atoms with E-state index in [-0.39, 0.29) is 11.6 Å². The maximum Gasteiger partial charge on any atom is 0.416 e. The van der Waals surface area contributed by atoms with E-state index in [1.54, 1.807) is 6.21 Å². The third kappa shape index (κ3) is 5.36. The Morgan fingerprint density at radius 2 is 1.83 bits per heavy atom. The van der Waals surface area contributed by atoms with Crippen LogP contribution in [0.3, 0.4) is 0 Å². The number of rotatable bonds is 3. The van der Waals surface area contributed by atoms with Crippen molar-refractivity contribution in [2.75, 3.05) is 5.32 Å². The fourth-order valence-electron chi connectivity index (χ4n) is 2.50. The lowest BCUT2D eigenvalue weighted by atomic mass is 9.90. The summed E-state index contributed by atoms with van der Waals surface area (Å²) in [6, 6.07) is 4.06. The van der Waals surface area contributed by atoms with E-state index in [0.29, 0.717) is 0 Å². The third-order valence-electron chi connectivity index (χ3n) is 3.76. The molecule has 130 valence electrons. The van der Waals surface area contributed by atoms with Crippen LogP contribution in [0, 0.1) is 5.92 Å². The second-order valence-electron chi connectivity index (χ2n) is 5.65. The first-order valence-corrected chi connectivity index (χ1v) is 7.68. The molecule has 0 atom stereocenters. The lowest BCUT2D eigenvalue weighted by Crippen LogP contribution is -2.32. The van der Waals surface area contributed by atoms with Crippen molar-refractivity contribution < 1.29 is 22.8 Å². The van der Waals surface area contributed by atoms with Gasteiger partial charge in [-0.1, -0.05) is 25.3 Å². The van der Waals surface area contributed by atoms with Gasteiger partial charge < -0.3 is 5.32 Å². The van der Waals surface area contributed by atoms with Crippen LogP contribution in [0.5, 0.6) is 0 Å². The molecule has 0 bridgehead atoms. The molecule has 1 aliphatic carbocycles. The molecule has 1 saturated carbocycles. The van der Waals surface area contributed by atoms with Crippen LogP contribution >= 0.6 is 0 Å². The van der Waals surface area contributed by atoms with Crippen LogP contribution in [-0.4, -0.2) is 18.0 Å². The SMILES string of the molecule is O=C(N/N=C/C1CCCCC1)C(=O)Nc1cccc(C(F)(F)F)c1. The van der Waals surface area contributed by atoms with Gasteiger partial charge in [0.15, 0.2) is 0 Å². The lowest BCUT2D eigenvalue weighted by molar-refractivity contribution is -0.137. The minimum atomic E-state index is -4.52. The van der Waals surface area contributed by atoms with Crippen molar-refractivity contribution in [1.29, 1.82) is 0 Å². The molecule has 0 aromatic heterocycles. The second-order valence-corrected chi connectivity index (χ2v) is 5.65. The van der Waals surface area contributed by atoms with E-state index < -0.39 is 23.6 Å². The van der Waals surface area contributed by atoms with E-state index in [1.165, 1.54) is 12.5 Å². The average molecular weight is 341 g/mol.